The molecular weight excluding hydrogens is 360 g/mol. The average molecular weight is 386 g/mol. The molecule has 0 bridgehead atoms. The zero-order valence-corrected chi connectivity index (χ0v) is 16.3. The molecule has 0 aliphatic carbocycles. The summed E-state index contributed by atoms with van der Waals surface area (Å²) in [4.78, 5) is 31.7. The van der Waals surface area contributed by atoms with Crippen LogP contribution in [-0.2, 0) is 29.0 Å². The van der Waals surface area contributed by atoms with Crippen molar-refractivity contribution < 1.29 is 14.3 Å². The molecule has 3 rings (SSSR count). The number of nitrogens with zero attached hydrogens (tertiary/aromatic N) is 3. The second-order valence-corrected chi connectivity index (χ2v) is 6.55. The zero-order chi connectivity index (χ0) is 19.9. The summed E-state index contributed by atoms with van der Waals surface area (Å²) in [6.45, 7) is 4.71. The van der Waals surface area contributed by atoms with Crippen molar-refractivity contribution in [3.8, 4) is 5.75 Å². The minimum atomic E-state index is -0.238. The van der Waals surface area contributed by atoms with Gasteiger partial charge in [-0.15, -0.1) is 0 Å². The standard InChI is InChI=1S/C20H26N4O4/c1-3-16-12-19(26)24(20(22-16)23-8-10-28-11-9-23)14-18(25)21-13-15-4-6-17(27-2)7-5-15/h4-7,12H,3,8-11,13-14H2,1-2H3,(H,21,25). The SMILES string of the molecule is CCc1cc(=O)n(CC(=O)NCc2ccc(OC)cc2)c(N2CCOCC2)n1. The monoisotopic (exact) mass is 386 g/mol. The predicted molar refractivity (Wildman–Crippen MR) is 106 cm³/mol. The number of methoxy groups -OCH3 is 1. The Morgan fingerprint density at radius 3 is 2.61 bits per heavy atom. The molecule has 0 saturated carbocycles. The van der Waals surface area contributed by atoms with E-state index in [0.717, 1.165) is 17.0 Å². The number of anilines is 1. The number of morpholine rings is 1. The van der Waals surface area contributed by atoms with Crippen LogP contribution in [0.5, 0.6) is 5.75 Å². The van der Waals surface area contributed by atoms with Gasteiger partial charge < -0.3 is 19.7 Å². The number of carbonyl (C=O) groups excluding carboxylic acids is 1. The molecular formula is C20H26N4O4. The van der Waals surface area contributed by atoms with Gasteiger partial charge in [-0.25, -0.2) is 4.98 Å². The van der Waals surface area contributed by atoms with Crippen molar-refractivity contribution >= 4 is 11.9 Å². The van der Waals surface area contributed by atoms with Crippen LogP contribution in [0.3, 0.4) is 0 Å². The molecule has 150 valence electrons. The fraction of sp³-hybridized carbons (Fsp3) is 0.450. The van der Waals surface area contributed by atoms with Gasteiger partial charge in [0, 0.05) is 31.4 Å². The highest BCUT2D eigenvalue weighted by atomic mass is 16.5. The van der Waals surface area contributed by atoms with Crippen LogP contribution in [-0.4, -0.2) is 48.9 Å². The lowest BCUT2D eigenvalue weighted by Crippen LogP contribution is -2.42. The minimum Gasteiger partial charge on any atom is -0.497 e. The van der Waals surface area contributed by atoms with Crippen LogP contribution in [0.2, 0.25) is 0 Å². The molecule has 0 atom stereocenters. The van der Waals surface area contributed by atoms with Gasteiger partial charge in [0.25, 0.3) is 5.56 Å². The summed E-state index contributed by atoms with van der Waals surface area (Å²) in [6, 6.07) is 8.97. The van der Waals surface area contributed by atoms with Gasteiger partial charge in [-0.3, -0.25) is 14.2 Å². The number of ether oxygens (including phenoxy) is 2. The van der Waals surface area contributed by atoms with Crippen molar-refractivity contribution in [2.45, 2.75) is 26.4 Å². The summed E-state index contributed by atoms with van der Waals surface area (Å²) in [7, 11) is 1.61. The number of benzene rings is 1. The highest BCUT2D eigenvalue weighted by Crippen LogP contribution is 2.13. The zero-order valence-electron chi connectivity index (χ0n) is 16.3. The number of rotatable bonds is 7. The molecule has 1 amide bonds. The minimum absolute atomic E-state index is 0.0708. The Labute approximate surface area is 164 Å². The smallest absolute Gasteiger partial charge is 0.255 e. The molecule has 8 heteroatoms. The van der Waals surface area contributed by atoms with Crippen molar-refractivity contribution in [1.82, 2.24) is 14.9 Å². The van der Waals surface area contributed by atoms with E-state index in [2.05, 4.69) is 10.3 Å². The number of hydrogen-bond donors (Lipinski definition) is 1. The van der Waals surface area contributed by atoms with E-state index < -0.39 is 0 Å². The highest BCUT2D eigenvalue weighted by molar-refractivity contribution is 5.76. The van der Waals surface area contributed by atoms with Gasteiger partial charge in [0.15, 0.2) is 0 Å². The molecule has 8 nitrogen and oxygen atoms in total. The first-order chi connectivity index (χ1) is 13.6. The van der Waals surface area contributed by atoms with Gasteiger partial charge in [-0.2, -0.15) is 0 Å². The van der Waals surface area contributed by atoms with Gasteiger partial charge in [0.1, 0.15) is 12.3 Å². The van der Waals surface area contributed by atoms with Crippen LogP contribution in [0.25, 0.3) is 0 Å². The fourth-order valence-electron chi connectivity index (χ4n) is 3.02. The summed E-state index contributed by atoms with van der Waals surface area (Å²) in [5.41, 5.74) is 1.46. The molecule has 2 aromatic rings. The second kappa shape index (κ2) is 9.36. The predicted octanol–water partition coefficient (Wildman–Crippen LogP) is 0.967. The molecule has 0 radical (unpaired) electrons. The first-order valence-corrected chi connectivity index (χ1v) is 9.43. The Hall–Kier alpha value is -2.87. The van der Waals surface area contributed by atoms with Crippen LogP contribution in [0, 0.1) is 0 Å². The topological polar surface area (TPSA) is 85.7 Å². The number of amides is 1. The van der Waals surface area contributed by atoms with Crippen molar-refractivity contribution in [2.75, 3.05) is 38.3 Å². The first-order valence-electron chi connectivity index (χ1n) is 9.43. The van der Waals surface area contributed by atoms with E-state index in [1.54, 1.807) is 7.11 Å². The summed E-state index contributed by atoms with van der Waals surface area (Å²) >= 11 is 0. The summed E-state index contributed by atoms with van der Waals surface area (Å²) in [6.07, 6.45) is 0.664. The van der Waals surface area contributed by atoms with Gasteiger partial charge in [0.2, 0.25) is 11.9 Å². The molecule has 1 saturated heterocycles. The first kappa shape index (κ1) is 19.9. The lowest BCUT2D eigenvalue weighted by atomic mass is 10.2. The molecule has 1 aliphatic rings. The van der Waals surface area contributed by atoms with Crippen molar-refractivity contribution in [3.05, 3.63) is 51.9 Å². The van der Waals surface area contributed by atoms with Crippen LogP contribution < -0.4 is 20.5 Å². The highest BCUT2D eigenvalue weighted by Gasteiger charge is 2.19. The van der Waals surface area contributed by atoms with E-state index in [1.165, 1.54) is 10.6 Å². The molecule has 0 unspecified atom stereocenters. The van der Waals surface area contributed by atoms with Gasteiger partial charge in [-0.05, 0) is 24.1 Å². The molecule has 1 aromatic carbocycles. The van der Waals surface area contributed by atoms with Crippen LogP contribution in [0.1, 0.15) is 18.2 Å². The second-order valence-electron chi connectivity index (χ2n) is 6.55. The molecule has 1 N–H and O–H groups in total. The molecule has 1 aromatic heterocycles. The van der Waals surface area contributed by atoms with Crippen LogP contribution in [0.15, 0.2) is 35.1 Å². The van der Waals surface area contributed by atoms with E-state index >= 15 is 0 Å². The van der Waals surface area contributed by atoms with Crippen molar-refractivity contribution in [2.24, 2.45) is 0 Å². The van der Waals surface area contributed by atoms with Gasteiger partial charge >= 0.3 is 0 Å². The molecule has 1 aliphatic heterocycles. The van der Waals surface area contributed by atoms with Crippen molar-refractivity contribution in [1.29, 1.82) is 0 Å². The molecule has 2 heterocycles. The Morgan fingerprint density at radius 1 is 1.25 bits per heavy atom. The lowest BCUT2D eigenvalue weighted by molar-refractivity contribution is -0.121. The van der Waals surface area contributed by atoms with Crippen LogP contribution >= 0.6 is 0 Å². The molecule has 28 heavy (non-hydrogen) atoms. The third kappa shape index (κ3) is 4.89. The van der Waals surface area contributed by atoms with E-state index in [-0.39, 0.29) is 18.0 Å². The van der Waals surface area contributed by atoms with Gasteiger partial charge in [-0.1, -0.05) is 19.1 Å². The van der Waals surface area contributed by atoms with Crippen LogP contribution in [0.4, 0.5) is 5.95 Å². The number of carbonyl (C=O) groups is 1. The molecule has 1 fully saturated rings. The summed E-state index contributed by atoms with van der Waals surface area (Å²) in [5.74, 6) is 1.06. The normalized spacial score (nSPS) is 14.0. The lowest BCUT2D eigenvalue weighted by Gasteiger charge is -2.29. The summed E-state index contributed by atoms with van der Waals surface area (Å²) < 4.78 is 12.0. The Bertz CT molecular complexity index is 857. The average Bonchev–Trinajstić information content (AvgIpc) is 2.74. The fourth-order valence-corrected chi connectivity index (χ4v) is 3.02. The van der Waals surface area contributed by atoms with E-state index in [1.807, 2.05) is 36.1 Å². The van der Waals surface area contributed by atoms with E-state index in [0.29, 0.717) is 45.2 Å². The quantitative estimate of drug-likeness (QED) is 0.763. The Morgan fingerprint density at radius 2 is 1.96 bits per heavy atom. The third-order valence-electron chi connectivity index (χ3n) is 4.65. The number of hydrogen-bond acceptors (Lipinski definition) is 6. The Kier molecular flexibility index (Phi) is 6.65. The maximum absolute atomic E-state index is 12.6. The number of aryl methyl sites for hydroxylation is 1. The van der Waals surface area contributed by atoms with E-state index in [9.17, 15) is 9.59 Å². The maximum Gasteiger partial charge on any atom is 0.255 e. The van der Waals surface area contributed by atoms with E-state index in [4.69, 9.17) is 9.47 Å². The maximum atomic E-state index is 12.6. The summed E-state index contributed by atoms with van der Waals surface area (Å²) in [5, 5.41) is 2.86. The Balaban J connectivity index is 1.72. The molecule has 0 spiro atoms. The van der Waals surface area contributed by atoms with Crippen molar-refractivity contribution in [3.63, 3.8) is 0 Å². The van der Waals surface area contributed by atoms with Gasteiger partial charge in [0.05, 0.1) is 20.3 Å². The third-order valence-corrected chi connectivity index (χ3v) is 4.65. The number of aromatic nitrogens is 2. The number of nitrogens with one attached hydrogen (secondary N) is 1. The largest absolute Gasteiger partial charge is 0.497 e.